The van der Waals surface area contributed by atoms with Crippen LogP contribution in [0.15, 0.2) is 18.3 Å². The lowest BCUT2D eigenvalue weighted by Crippen LogP contribution is -2.44. The van der Waals surface area contributed by atoms with E-state index in [0.29, 0.717) is 19.1 Å². The third kappa shape index (κ3) is 4.90. The predicted molar refractivity (Wildman–Crippen MR) is 85.0 cm³/mol. The van der Waals surface area contributed by atoms with Crippen molar-refractivity contribution in [2.45, 2.75) is 46.1 Å². The Morgan fingerprint density at radius 1 is 1.45 bits per heavy atom. The van der Waals surface area contributed by atoms with Gasteiger partial charge in [-0.25, -0.2) is 4.79 Å². The van der Waals surface area contributed by atoms with Gasteiger partial charge in [-0.05, 0) is 52.7 Å². The first-order valence-corrected chi connectivity index (χ1v) is 7.87. The zero-order valence-electron chi connectivity index (χ0n) is 14.0. The van der Waals surface area contributed by atoms with Crippen LogP contribution >= 0.6 is 0 Å². The predicted octanol–water partition coefficient (Wildman–Crippen LogP) is 3.42. The molecule has 1 saturated heterocycles. The largest absolute Gasteiger partial charge is 0.491 e. The SMILES string of the molecule is Cc1ncccc1OC[C@H]1CCCN(C(=O)OC(C)(C)C)C1. The van der Waals surface area contributed by atoms with Crippen LogP contribution in [0.4, 0.5) is 4.79 Å². The molecule has 0 bridgehead atoms. The average Bonchev–Trinajstić information content (AvgIpc) is 2.45. The number of ether oxygens (including phenoxy) is 2. The third-order valence-electron chi connectivity index (χ3n) is 3.60. The van der Waals surface area contributed by atoms with E-state index in [0.717, 1.165) is 30.8 Å². The number of nitrogens with zero attached hydrogens (tertiary/aromatic N) is 2. The van der Waals surface area contributed by atoms with Crippen LogP contribution < -0.4 is 4.74 Å². The van der Waals surface area contributed by atoms with Crippen LogP contribution in [0.25, 0.3) is 0 Å². The second kappa shape index (κ2) is 6.99. The summed E-state index contributed by atoms with van der Waals surface area (Å²) in [5, 5.41) is 0. The van der Waals surface area contributed by atoms with Gasteiger partial charge in [0.1, 0.15) is 11.4 Å². The summed E-state index contributed by atoms with van der Waals surface area (Å²) in [5.74, 6) is 1.15. The third-order valence-corrected chi connectivity index (χ3v) is 3.60. The van der Waals surface area contributed by atoms with E-state index < -0.39 is 5.60 Å². The number of rotatable bonds is 3. The summed E-state index contributed by atoms with van der Waals surface area (Å²) in [5.41, 5.74) is 0.440. The number of amides is 1. The molecule has 5 heteroatoms. The number of carbonyl (C=O) groups is 1. The topological polar surface area (TPSA) is 51.7 Å². The van der Waals surface area contributed by atoms with E-state index in [1.807, 2.05) is 39.8 Å². The molecular weight excluding hydrogens is 280 g/mol. The molecule has 1 aromatic heterocycles. The lowest BCUT2D eigenvalue weighted by molar-refractivity contribution is 0.0139. The first kappa shape index (κ1) is 16.6. The summed E-state index contributed by atoms with van der Waals surface area (Å²) in [6, 6.07) is 3.80. The molecule has 2 heterocycles. The molecule has 122 valence electrons. The maximum atomic E-state index is 12.1. The fourth-order valence-electron chi connectivity index (χ4n) is 2.52. The number of aromatic nitrogens is 1. The van der Waals surface area contributed by atoms with E-state index in [1.165, 1.54) is 0 Å². The molecule has 1 amide bonds. The van der Waals surface area contributed by atoms with Crippen LogP contribution in [0, 0.1) is 12.8 Å². The summed E-state index contributed by atoms with van der Waals surface area (Å²) < 4.78 is 11.3. The van der Waals surface area contributed by atoms with Gasteiger partial charge in [0.2, 0.25) is 0 Å². The maximum absolute atomic E-state index is 12.1. The highest BCUT2D eigenvalue weighted by Gasteiger charge is 2.27. The Hall–Kier alpha value is -1.78. The summed E-state index contributed by atoms with van der Waals surface area (Å²) in [6.07, 6.45) is 3.58. The maximum Gasteiger partial charge on any atom is 0.410 e. The molecule has 0 radical (unpaired) electrons. The number of hydrogen-bond acceptors (Lipinski definition) is 4. The van der Waals surface area contributed by atoms with Crippen LogP contribution in [0.5, 0.6) is 5.75 Å². The van der Waals surface area contributed by atoms with Gasteiger partial charge in [0.25, 0.3) is 0 Å². The van der Waals surface area contributed by atoms with Gasteiger partial charge in [0.05, 0.1) is 12.3 Å². The van der Waals surface area contributed by atoms with Crippen LogP contribution in [0.3, 0.4) is 0 Å². The van der Waals surface area contributed by atoms with Crippen molar-refractivity contribution in [3.8, 4) is 5.75 Å². The average molecular weight is 306 g/mol. The molecule has 0 spiro atoms. The van der Waals surface area contributed by atoms with Gasteiger partial charge in [-0.1, -0.05) is 0 Å². The van der Waals surface area contributed by atoms with Crippen LogP contribution in [-0.2, 0) is 4.74 Å². The van der Waals surface area contributed by atoms with E-state index in [2.05, 4.69) is 4.98 Å². The second-order valence-corrected chi connectivity index (χ2v) is 6.83. The quantitative estimate of drug-likeness (QED) is 0.858. The first-order valence-electron chi connectivity index (χ1n) is 7.87. The number of likely N-dealkylation sites (tertiary alicyclic amines) is 1. The van der Waals surface area contributed by atoms with Crippen LogP contribution in [-0.4, -0.2) is 41.3 Å². The van der Waals surface area contributed by atoms with E-state index in [9.17, 15) is 4.79 Å². The summed E-state index contributed by atoms with van der Waals surface area (Å²) >= 11 is 0. The summed E-state index contributed by atoms with van der Waals surface area (Å²) in [6.45, 7) is 9.66. The van der Waals surface area contributed by atoms with Crippen molar-refractivity contribution in [1.29, 1.82) is 0 Å². The van der Waals surface area contributed by atoms with Crippen molar-refractivity contribution in [3.05, 3.63) is 24.0 Å². The molecule has 0 aromatic carbocycles. The van der Waals surface area contributed by atoms with Gasteiger partial charge >= 0.3 is 6.09 Å². The van der Waals surface area contributed by atoms with Crippen molar-refractivity contribution in [3.63, 3.8) is 0 Å². The molecule has 1 aromatic rings. The van der Waals surface area contributed by atoms with Gasteiger partial charge in [0.15, 0.2) is 0 Å². The Morgan fingerprint density at radius 3 is 2.91 bits per heavy atom. The minimum atomic E-state index is -0.451. The van der Waals surface area contributed by atoms with Crippen molar-refractivity contribution in [1.82, 2.24) is 9.88 Å². The first-order chi connectivity index (χ1) is 10.3. The number of pyridine rings is 1. The molecule has 5 nitrogen and oxygen atoms in total. The fourth-order valence-corrected chi connectivity index (χ4v) is 2.52. The van der Waals surface area contributed by atoms with Gasteiger partial charge < -0.3 is 14.4 Å². The molecule has 0 saturated carbocycles. The summed E-state index contributed by atoms with van der Waals surface area (Å²) in [7, 11) is 0. The Balaban J connectivity index is 1.86. The van der Waals surface area contributed by atoms with Crippen molar-refractivity contribution in [2.75, 3.05) is 19.7 Å². The smallest absolute Gasteiger partial charge is 0.410 e. The molecule has 22 heavy (non-hydrogen) atoms. The van der Waals surface area contributed by atoms with E-state index in [4.69, 9.17) is 9.47 Å². The normalized spacial score (nSPS) is 18.9. The Labute approximate surface area is 132 Å². The zero-order chi connectivity index (χ0) is 16.2. The van der Waals surface area contributed by atoms with Crippen molar-refractivity contribution >= 4 is 6.09 Å². The second-order valence-electron chi connectivity index (χ2n) is 6.83. The van der Waals surface area contributed by atoms with Crippen molar-refractivity contribution < 1.29 is 14.3 Å². The lowest BCUT2D eigenvalue weighted by atomic mass is 9.99. The number of carbonyl (C=O) groups excluding carboxylic acids is 1. The summed E-state index contributed by atoms with van der Waals surface area (Å²) in [4.78, 5) is 18.1. The monoisotopic (exact) mass is 306 g/mol. The molecule has 0 aliphatic carbocycles. The highest BCUT2D eigenvalue weighted by Crippen LogP contribution is 2.21. The van der Waals surface area contributed by atoms with E-state index in [1.54, 1.807) is 11.1 Å². The molecule has 1 atom stereocenters. The van der Waals surface area contributed by atoms with Gasteiger partial charge in [-0.2, -0.15) is 0 Å². The van der Waals surface area contributed by atoms with E-state index in [-0.39, 0.29) is 6.09 Å². The zero-order valence-corrected chi connectivity index (χ0v) is 14.0. The lowest BCUT2D eigenvalue weighted by Gasteiger charge is -2.34. The standard InChI is InChI=1S/C17H26N2O3/c1-13-15(8-5-9-18-13)21-12-14-7-6-10-19(11-14)16(20)22-17(2,3)4/h5,8-9,14H,6-7,10-12H2,1-4H3/t14-/m0/s1. The molecule has 0 N–H and O–H groups in total. The van der Waals surface area contributed by atoms with E-state index >= 15 is 0 Å². The molecule has 1 aliphatic heterocycles. The molecule has 1 fully saturated rings. The molecular formula is C17H26N2O3. The van der Waals surface area contributed by atoms with Crippen LogP contribution in [0.2, 0.25) is 0 Å². The van der Waals surface area contributed by atoms with Crippen LogP contribution in [0.1, 0.15) is 39.3 Å². The Kier molecular flexibility index (Phi) is 5.27. The highest BCUT2D eigenvalue weighted by atomic mass is 16.6. The minimum absolute atomic E-state index is 0.227. The molecule has 0 unspecified atom stereocenters. The van der Waals surface area contributed by atoms with Gasteiger partial charge in [-0.15, -0.1) is 0 Å². The number of aryl methyl sites for hydroxylation is 1. The minimum Gasteiger partial charge on any atom is -0.491 e. The molecule has 1 aliphatic rings. The number of hydrogen-bond donors (Lipinski definition) is 0. The van der Waals surface area contributed by atoms with Gasteiger partial charge in [0, 0.05) is 25.2 Å². The fraction of sp³-hybridized carbons (Fsp3) is 0.647. The van der Waals surface area contributed by atoms with Crippen molar-refractivity contribution in [2.24, 2.45) is 5.92 Å². The highest BCUT2D eigenvalue weighted by molar-refractivity contribution is 5.68. The number of piperidine rings is 1. The molecule has 2 rings (SSSR count). The Bertz CT molecular complexity index is 511. The van der Waals surface area contributed by atoms with Gasteiger partial charge in [-0.3, -0.25) is 4.98 Å². The Morgan fingerprint density at radius 2 is 2.23 bits per heavy atom.